The highest BCUT2D eigenvalue weighted by Crippen LogP contribution is 2.25. The number of morpholine rings is 1. The van der Waals surface area contributed by atoms with Gasteiger partial charge >= 0.3 is 0 Å². The summed E-state index contributed by atoms with van der Waals surface area (Å²) in [6, 6.07) is 15.6. The monoisotopic (exact) mass is 569 g/mol. The van der Waals surface area contributed by atoms with Crippen LogP contribution in [0.25, 0.3) is 0 Å². The molecule has 4 rings (SSSR count). The molecule has 3 aromatic carbocycles. The van der Waals surface area contributed by atoms with Gasteiger partial charge in [0.15, 0.2) is 0 Å². The predicted molar refractivity (Wildman–Crippen MR) is 138 cm³/mol. The zero-order valence-electron chi connectivity index (χ0n) is 18.6. The van der Waals surface area contributed by atoms with E-state index in [1.807, 2.05) is 0 Å². The van der Waals surface area contributed by atoms with Gasteiger partial charge < -0.3 is 10.1 Å². The normalized spacial score (nSPS) is 14.8. The number of nitrogens with one attached hydrogen (secondary N) is 2. The van der Waals surface area contributed by atoms with Crippen LogP contribution in [0, 0.1) is 0 Å². The summed E-state index contributed by atoms with van der Waals surface area (Å²) < 4.78 is 60.1. The first-order valence-corrected chi connectivity index (χ1v) is 14.3. The lowest BCUT2D eigenvalue weighted by Crippen LogP contribution is -2.40. The number of amides is 1. The second-order valence-corrected chi connectivity index (χ2v) is 12.2. The number of benzene rings is 3. The molecule has 9 nitrogen and oxygen atoms in total. The lowest BCUT2D eigenvalue weighted by molar-refractivity contribution is 0.0730. The molecule has 13 heteroatoms. The lowest BCUT2D eigenvalue weighted by atomic mass is 10.2. The van der Waals surface area contributed by atoms with Gasteiger partial charge in [-0.15, -0.1) is 0 Å². The molecule has 1 aliphatic heterocycles. The number of halogens is 2. The van der Waals surface area contributed by atoms with Crippen molar-refractivity contribution in [1.29, 1.82) is 0 Å². The molecule has 1 saturated heterocycles. The fraction of sp³-hybridized carbons (Fsp3) is 0.174. The highest BCUT2D eigenvalue weighted by atomic mass is 35.5. The zero-order valence-corrected chi connectivity index (χ0v) is 21.8. The molecule has 36 heavy (non-hydrogen) atoms. The van der Waals surface area contributed by atoms with E-state index in [0.717, 1.165) is 0 Å². The maximum atomic E-state index is 12.9. The van der Waals surface area contributed by atoms with Crippen LogP contribution in [-0.4, -0.2) is 53.4 Å². The van der Waals surface area contributed by atoms with Crippen LogP contribution in [-0.2, 0) is 24.8 Å². The zero-order chi connectivity index (χ0) is 25.9. The Morgan fingerprint density at radius 2 is 1.39 bits per heavy atom. The van der Waals surface area contributed by atoms with E-state index in [1.54, 1.807) is 12.1 Å². The summed E-state index contributed by atoms with van der Waals surface area (Å²) in [6.07, 6.45) is 0. The molecule has 2 N–H and O–H groups in total. The molecule has 1 aliphatic rings. The summed E-state index contributed by atoms with van der Waals surface area (Å²) in [5.41, 5.74) is 0.605. The molecular weight excluding hydrogens is 549 g/mol. The summed E-state index contributed by atoms with van der Waals surface area (Å²) in [5.74, 6) is -0.645. The molecule has 0 unspecified atom stereocenters. The van der Waals surface area contributed by atoms with Crippen LogP contribution < -0.4 is 10.0 Å². The molecule has 0 atom stereocenters. The highest BCUT2D eigenvalue weighted by Gasteiger charge is 2.27. The molecule has 1 fully saturated rings. The molecule has 0 bridgehead atoms. The standard InChI is InChI=1S/C23H21Cl2N3O6S2/c24-16-1-3-18(4-2-16)27-35(30,31)19-7-5-17(6-8-19)26-23(29)21-15-20(9-10-22(21)25)36(32,33)28-11-13-34-14-12-28/h1-10,15,27H,11-14H2,(H,26,29). The van der Waals surface area contributed by atoms with E-state index >= 15 is 0 Å². The SMILES string of the molecule is O=C(Nc1ccc(S(=O)(=O)Nc2ccc(Cl)cc2)cc1)c1cc(S(=O)(=O)N2CCOCC2)ccc1Cl. The van der Waals surface area contributed by atoms with Gasteiger partial charge in [-0.1, -0.05) is 23.2 Å². The van der Waals surface area contributed by atoms with Crippen LogP contribution in [0.15, 0.2) is 76.5 Å². The van der Waals surface area contributed by atoms with Crippen LogP contribution in [0.4, 0.5) is 11.4 Å². The largest absolute Gasteiger partial charge is 0.379 e. The number of rotatable bonds is 7. The molecule has 3 aromatic rings. The summed E-state index contributed by atoms with van der Waals surface area (Å²) >= 11 is 12.0. The van der Waals surface area contributed by atoms with Crippen molar-refractivity contribution < 1.29 is 26.4 Å². The van der Waals surface area contributed by atoms with Crippen molar-refractivity contribution in [2.24, 2.45) is 0 Å². The lowest BCUT2D eigenvalue weighted by Gasteiger charge is -2.26. The Hall–Kier alpha value is -2.67. The minimum Gasteiger partial charge on any atom is -0.379 e. The van der Waals surface area contributed by atoms with E-state index < -0.39 is 26.0 Å². The van der Waals surface area contributed by atoms with Crippen molar-refractivity contribution in [3.63, 3.8) is 0 Å². The summed E-state index contributed by atoms with van der Waals surface area (Å²) in [6.45, 7) is 1.02. The van der Waals surface area contributed by atoms with Gasteiger partial charge in [0, 0.05) is 29.5 Å². The molecule has 0 aliphatic carbocycles. The predicted octanol–water partition coefficient (Wildman–Crippen LogP) is 4.07. The van der Waals surface area contributed by atoms with Gasteiger partial charge in [-0.3, -0.25) is 9.52 Å². The quantitative estimate of drug-likeness (QED) is 0.442. The van der Waals surface area contributed by atoms with Crippen molar-refractivity contribution in [3.05, 3.63) is 82.3 Å². The third-order valence-corrected chi connectivity index (χ3v) is 9.18. The van der Waals surface area contributed by atoms with E-state index in [-0.39, 0.29) is 33.5 Å². The molecule has 190 valence electrons. The van der Waals surface area contributed by atoms with Crippen molar-refractivity contribution in [2.45, 2.75) is 9.79 Å². The maximum absolute atomic E-state index is 12.9. The summed E-state index contributed by atoms with van der Waals surface area (Å²) in [5, 5.41) is 3.15. The number of ether oxygens (including phenoxy) is 1. The van der Waals surface area contributed by atoms with Crippen molar-refractivity contribution in [3.8, 4) is 0 Å². The molecule has 0 saturated carbocycles. The van der Waals surface area contributed by atoms with Gasteiger partial charge in [0.05, 0.1) is 33.6 Å². The number of carbonyl (C=O) groups excluding carboxylic acids is 1. The van der Waals surface area contributed by atoms with E-state index in [9.17, 15) is 21.6 Å². The Morgan fingerprint density at radius 1 is 0.806 bits per heavy atom. The number of anilines is 2. The van der Waals surface area contributed by atoms with Gasteiger partial charge in [-0.2, -0.15) is 4.31 Å². The van der Waals surface area contributed by atoms with Crippen LogP contribution in [0.5, 0.6) is 0 Å². The number of nitrogens with zero attached hydrogens (tertiary/aromatic N) is 1. The molecule has 0 spiro atoms. The second kappa shape index (κ2) is 10.8. The highest BCUT2D eigenvalue weighted by molar-refractivity contribution is 7.92. The van der Waals surface area contributed by atoms with E-state index in [0.29, 0.717) is 29.6 Å². The van der Waals surface area contributed by atoms with Gasteiger partial charge in [0.2, 0.25) is 10.0 Å². The molecule has 1 amide bonds. The molecule has 0 aromatic heterocycles. The second-order valence-electron chi connectivity index (χ2n) is 7.75. The maximum Gasteiger partial charge on any atom is 0.261 e. The smallest absolute Gasteiger partial charge is 0.261 e. The van der Waals surface area contributed by atoms with Gasteiger partial charge in [-0.05, 0) is 66.7 Å². The Bertz CT molecular complexity index is 1470. The van der Waals surface area contributed by atoms with Crippen molar-refractivity contribution in [2.75, 3.05) is 36.3 Å². The minimum atomic E-state index is -3.87. The van der Waals surface area contributed by atoms with Gasteiger partial charge in [0.25, 0.3) is 15.9 Å². The van der Waals surface area contributed by atoms with E-state index in [2.05, 4.69) is 10.0 Å². The Kier molecular flexibility index (Phi) is 7.88. The molecule has 0 radical (unpaired) electrons. The summed E-state index contributed by atoms with van der Waals surface area (Å²) in [4.78, 5) is 12.8. The van der Waals surface area contributed by atoms with E-state index in [1.165, 1.54) is 58.9 Å². The number of hydrogen-bond donors (Lipinski definition) is 2. The average molecular weight is 570 g/mol. The Balaban J connectivity index is 1.49. The van der Waals surface area contributed by atoms with Crippen LogP contribution in [0.3, 0.4) is 0 Å². The van der Waals surface area contributed by atoms with Crippen LogP contribution in [0.1, 0.15) is 10.4 Å². The fourth-order valence-electron chi connectivity index (χ4n) is 3.42. The van der Waals surface area contributed by atoms with Crippen LogP contribution in [0.2, 0.25) is 10.0 Å². The first-order valence-electron chi connectivity index (χ1n) is 10.6. The minimum absolute atomic E-state index is 0.0212. The molecule has 1 heterocycles. The first-order chi connectivity index (χ1) is 17.1. The first kappa shape index (κ1) is 26.4. The number of sulfonamides is 2. The number of hydrogen-bond acceptors (Lipinski definition) is 6. The number of carbonyl (C=O) groups is 1. The average Bonchev–Trinajstić information content (AvgIpc) is 2.86. The van der Waals surface area contributed by atoms with Gasteiger partial charge in [0.1, 0.15) is 0 Å². The summed E-state index contributed by atoms with van der Waals surface area (Å²) in [7, 11) is -7.69. The topological polar surface area (TPSA) is 122 Å². The Morgan fingerprint density at radius 3 is 2.03 bits per heavy atom. The van der Waals surface area contributed by atoms with Crippen LogP contribution >= 0.6 is 23.2 Å². The fourth-order valence-corrected chi connectivity index (χ4v) is 6.25. The van der Waals surface area contributed by atoms with Crippen molar-refractivity contribution >= 4 is 60.5 Å². The Labute approximate surface area is 219 Å². The van der Waals surface area contributed by atoms with Crippen molar-refractivity contribution in [1.82, 2.24) is 4.31 Å². The van der Waals surface area contributed by atoms with E-state index in [4.69, 9.17) is 27.9 Å². The third kappa shape index (κ3) is 6.00. The third-order valence-electron chi connectivity index (χ3n) is 5.31. The van der Waals surface area contributed by atoms with Gasteiger partial charge in [-0.25, -0.2) is 16.8 Å². The molecular formula is C23H21Cl2N3O6S2.